The van der Waals surface area contributed by atoms with Crippen molar-refractivity contribution in [2.24, 2.45) is 10.9 Å². The monoisotopic (exact) mass is 444 g/mol. The molecule has 24 heavy (non-hydrogen) atoms. The molecular formula is C17H25IN4O2. The van der Waals surface area contributed by atoms with Crippen LogP contribution in [0.25, 0.3) is 11.5 Å². The van der Waals surface area contributed by atoms with Gasteiger partial charge in [0.2, 0.25) is 5.89 Å². The van der Waals surface area contributed by atoms with Gasteiger partial charge in [-0.2, -0.15) is 0 Å². The Morgan fingerprint density at radius 2 is 2.04 bits per heavy atom. The molecule has 1 unspecified atom stereocenters. The predicted octanol–water partition coefficient (Wildman–Crippen LogP) is 2.64. The molecule has 0 aliphatic rings. The largest absolute Gasteiger partial charge is 0.444 e. The molecule has 0 radical (unpaired) electrons. The summed E-state index contributed by atoms with van der Waals surface area (Å²) in [7, 11) is 0. The molecule has 0 saturated heterocycles. The van der Waals surface area contributed by atoms with E-state index >= 15 is 0 Å². The molecule has 0 amide bonds. The molecule has 3 N–H and O–H groups in total. The fraction of sp³-hybridized carbons (Fsp3) is 0.412. The number of oxazole rings is 1. The van der Waals surface area contributed by atoms with Gasteiger partial charge in [0.05, 0.1) is 6.54 Å². The van der Waals surface area contributed by atoms with Gasteiger partial charge in [-0.3, -0.25) is 0 Å². The Morgan fingerprint density at radius 3 is 2.71 bits per heavy atom. The number of hydrogen-bond donors (Lipinski definition) is 3. The molecule has 0 aliphatic heterocycles. The van der Waals surface area contributed by atoms with Crippen LogP contribution in [0.5, 0.6) is 0 Å². The molecule has 0 saturated carbocycles. The van der Waals surface area contributed by atoms with Crippen LogP contribution in [0.1, 0.15) is 19.5 Å². The summed E-state index contributed by atoms with van der Waals surface area (Å²) >= 11 is 0. The molecule has 0 bridgehead atoms. The maximum absolute atomic E-state index is 9.07. The van der Waals surface area contributed by atoms with E-state index in [1.807, 2.05) is 44.2 Å². The predicted molar refractivity (Wildman–Crippen MR) is 106 cm³/mol. The summed E-state index contributed by atoms with van der Waals surface area (Å²) in [6.07, 6.45) is 1.63. The highest BCUT2D eigenvalue weighted by atomic mass is 127. The van der Waals surface area contributed by atoms with Crippen LogP contribution in [0.4, 0.5) is 0 Å². The number of aromatic nitrogens is 1. The lowest BCUT2D eigenvalue weighted by Gasteiger charge is -2.13. The van der Waals surface area contributed by atoms with E-state index < -0.39 is 0 Å². The van der Waals surface area contributed by atoms with Gasteiger partial charge in [-0.15, -0.1) is 24.0 Å². The first-order chi connectivity index (χ1) is 11.2. The van der Waals surface area contributed by atoms with Crippen LogP contribution in [0.2, 0.25) is 0 Å². The number of aliphatic hydroxyl groups is 1. The molecule has 1 aromatic heterocycles. The third-order valence-corrected chi connectivity index (χ3v) is 3.25. The molecule has 0 aliphatic carbocycles. The number of aliphatic imine (C=N–C) groups is 1. The van der Waals surface area contributed by atoms with Crippen molar-refractivity contribution in [3.63, 3.8) is 0 Å². The molecule has 2 aromatic rings. The van der Waals surface area contributed by atoms with Crippen molar-refractivity contribution in [3.05, 3.63) is 42.3 Å². The minimum atomic E-state index is 0. The summed E-state index contributed by atoms with van der Waals surface area (Å²) in [5.74, 6) is 1.48. The molecule has 2 rings (SSSR count). The summed E-state index contributed by atoms with van der Waals surface area (Å²) in [5.41, 5.74) is 1.72. The number of guanidine groups is 1. The van der Waals surface area contributed by atoms with Gasteiger partial charge in [0.25, 0.3) is 0 Å². The minimum absolute atomic E-state index is 0. The van der Waals surface area contributed by atoms with Crippen LogP contribution in [0.15, 0.2) is 46.0 Å². The van der Waals surface area contributed by atoms with Crippen LogP contribution in [-0.2, 0) is 6.54 Å². The quantitative estimate of drug-likeness (QED) is 0.348. The lowest BCUT2D eigenvalue weighted by atomic mass is 10.2. The second-order valence-corrected chi connectivity index (χ2v) is 5.37. The lowest BCUT2D eigenvalue weighted by Crippen LogP contribution is -2.39. The van der Waals surface area contributed by atoms with E-state index in [0.717, 1.165) is 17.8 Å². The standard InChI is InChI=1S/C17H24N4O2.HI/c1-3-18-17(19-9-13(2)11-22)20-10-15-12-23-16(21-15)14-7-5-4-6-8-14;/h4-8,12-13,22H,3,9-11H2,1-2H3,(H2,18,19,20);1H. The normalized spacial score (nSPS) is 12.4. The van der Waals surface area contributed by atoms with Crippen molar-refractivity contribution in [1.29, 1.82) is 0 Å². The van der Waals surface area contributed by atoms with Gasteiger partial charge in [0.1, 0.15) is 12.0 Å². The van der Waals surface area contributed by atoms with Gasteiger partial charge in [-0.1, -0.05) is 25.1 Å². The summed E-state index contributed by atoms with van der Waals surface area (Å²) < 4.78 is 5.50. The Morgan fingerprint density at radius 1 is 1.29 bits per heavy atom. The van der Waals surface area contributed by atoms with E-state index in [-0.39, 0.29) is 36.5 Å². The summed E-state index contributed by atoms with van der Waals surface area (Å²) in [6.45, 7) is 6.00. The molecule has 1 aromatic carbocycles. The molecule has 6 nitrogen and oxygen atoms in total. The Bertz CT molecular complexity index is 616. The van der Waals surface area contributed by atoms with Crippen molar-refractivity contribution in [1.82, 2.24) is 15.6 Å². The second-order valence-electron chi connectivity index (χ2n) is 5.37. The average molecular weight is 444 g/mol. The third kappa shape index (κ3) is 6.48. The zero-order valence-corrected chi connectivity index (χ0v) is 16.4. The molecule has 0 spiro atoms. The Labute approximate surface area is 159 Å². The van der Waals surface area contributed by atoms with Crippen LogP contribution in [-0.4, -0.2) is 35.7 Å². The van der Waals surface area contributed by atoms with Crippen molar-refractivity contribution in [3.8, 4) is 11.5 Å². The number of benzene rings is 1. The second kappa shape index (κ2) is 11.0. The molecule has 7 heteroatoms. The molecule has 132 valence electrons. The number of hydrogen-bond acceptors (Lipinski definition) is 4. The van der Waals surface area contributed by atoms with Crippen molar-refractivity contribution < 1.29 is 9.52 Å². The Hall–Kier alpha value is -1.61. The first kappa shape index (κ1) is 20.4. The average Bonchev–Trinajstić information content (AvgIpc) is 3.07. The van der Waals surface area contributed by atoms with Gasteiger partial charge < -0.3 is 20.2 Å². The number of nitrogens with zero attached hydrogens (tertiary/aromatic N) is 2. The first-order valence-corrected chi connectivity index (χ1v) is 7.85. The number of aliphatic hydroxyl groups excluding tert-OH is 1. The van der Waals surface area contributed by atoms with E-state index in [2.05, 4.69) is 20.6 Å². The topological polar surface area (TPSA) is 82.7 Å². The van der Waals surface area contributed by atoms with E-state index in [9.17, 15) is 0 Å². The van der Waals surface area contributed by atoms with Gasteiger partial charge >= 0.3 is 0 Å². The van der Waals surface area contributed by atoms with Crippen molar-refractivity contribution >= 4 is 29.9 Å². The van der Waals surface area contributed by atoms with Gasteiger partial charge in [0.15, 0.2) is 5.96 Å². The number of nitrogens with one attached hydrogen (secondary N) is 2. The summed E-state index contributed by atoms with van der Waals surface area (Å²) in [6, 6.07) is 9.78. The summed E-state index contributed by atoms with van der Waals surface area (Å²) in [5, 5.41) is 15.4. The fourth-order valence-corrected chi connectivity index (χ4v) is 1.93. The minimum Gasteiger partial charge on any atom is -0.444 e. The molecule has 1 atom stereocenters. The van der Waals surface area contributed by atoms with E-state index in [0.29, 0.717) is 24.9 Å². The zero-order chi connectivity index (χ0) is 16.5. The smallest absolute Gasteiger partial charge is 0.226 e. The first-order valence-electron chi connectivity index (χ1n) is 7.85. The fourth-order valence-electron chi connectivity index (χ4n) is 1.93. The highest BCUT2D eigenvalue weighted by molar-refractivity contribution is 14.0. The van der Waals surface area contributed by atoms with Crippen LogP contribution >= 0.6 is 24.0 Å². The SMILES string of the molecule is CCNC(=NCc1coc(-c2ccccc2)n1)NCC(C)CO.I. The van der Waals surface area contributed by atoms with E-state index in [1.54, 1.807) is 6.26 Å². The zero-order valence-electron chi connectivity index (χ0n) is 14.0. The maximum atomic E-state index is 9.07. The number of halogens is 1. The third-order valence-electron chi connectivity index (χ3n) is 3.25. The van der Waals surface area contributed by atoms with Crippen molar-refractivity contribution in [2.75, 3.05) is 19.7 Å². The van der Waals surface area contributed by atoms with Crippen molar-refractivity contribution in [2.45, 2.75) is 20.4 Å². The highest BCUT2D eigenvalue weighted by Crippen LogP contribution is 2.18. The molecule has 1 heterocycles. The van der Waals surface area contributed by atoms with Gasteiger partial charge in [0, 0.05) is 25.3 Å². The highest BCUT2D eigenvalue weighted by Gasteiger charge is 2.07. The molecular weight excluding hydrogens is 419 g/mol. The van der Waals surface area contributed by atoms with Gasteiger partial charge in [-0.05, 0) is 25.0 Å². The lowest BCUT2D eigenvalue weighted by molar-refractivity contribution is 0.238. The van der Waals surface area contributed by atoms with Crippen LogP contribution in [0, 0.1) is 5.92 Å². The molecule has 0 fully saturated rings. The maximum Gasteiger partial charge on any atom is 0.226 e. The van der Waals surface area contributed by atoms with Gasteiger partial charge in [-0.25, -0.2) is 9.98 Å². The summed E-state index contributed by atoms with van der Waals surface area (Å²) in [4.78, 5) is 8.94. The van der Waals surface area contributed by atoms with Crippen LogP contribution < -0.4 is 10.6 Å². The Balaban J connectivity index is 0.00000288. The van der Waals surface area contributed by atoms with Crippen LogP contribution in [0.3, 0.4) is 0 Å². The Kier molecular flexibility index (Phi) is 9.39. The number of rotatable bonds is 7. The van der Waals surface area contributed by atoms with E-state index in [4.69, 9.17) is 9.52 Å². The van der Waals surface area contributed by atoms with E-state index in [1.165, 1.54) is 0 Å².